The molecule has 1 atom stereocenters. The fraction of sp³-hybridized carbons (Fsp3) is 0.227. The van der Waals surface area contributed by atoms with Gasteiger partial charge in [-0.1, -0.05) is 12.1 Å². The Morgan fingerprint density at radius 1 is 0.969 bits per heavy atom. The van der Waals surface area contributed by atoms with E-state index >= 15 is 0 Å². The van der Waals surface area contributed by atoms with Crippen molar-refractivity contribution in [3.63, 3.8) is 0 Å². The molecule has 2 heterocycles. The Morgan fingerprint density at radius 3 is 2.47 bits per heavy atom. The zero-order chi connectivity index (χ0) is 23.1. The number of hydrogen-bond donors (Lipinski definition) is 1. The van der Waals surface area contributed by atoms with E-state index in [9.17, 15) is 31.1 Å². The maximum absolute atomic E-state index is 12.9. The van der Waals surface area contributed by atoms with Crippen LogP contribution in [0.4, 0.5) is 26.3 Å². The quantitative estimate of drug-likeness (QED) is 0.528. The summed E-state index contributed by atoms with van der Waals surface area (Å²) in [6.07, 6.45) is -7.14. The summed E-state index contributed by atoms with van der Waals surface area (Å²) in [4.78, 5) is 20.3. The molecular weight excluding hydrogens is 436 g/mol. The highest BCUT2D eigenvalue weighted by Gasteiger charge is 2.33. The van der Waals surface area contributed by atoms with Gasteiger partial charge in [0, 0.05) is 23.0 Å². The second-order valence-electron chi connectivity index (χ2n) is 7.30. The van der Waals surface area contributed by atoms with E-state index in [2.05, 4.69) is 15.3 Å². The number of nitrogens with one attached hydrogen (secondary N) is 1. The Hall–Kier alpha value is -3.43. The Morgan fingerprint density at radius 2 is 1.75 bits per heavy atom. The topological polar surface area (TPSA) is 54.9 Å². The van der Waals surface area contributed by atoms with E-state index in [-0.39, 0.29) is 11.1 Å². The van der Waals surface area contributed by atoms with Crippen molar-refractivity contribution in [1.29, 1.82) is 0 Å². The summed E-state index contributed by atoms with van der Waals surface area (Å²) in [5, 5.41) is 2.71. The smallest absolute Gasteiger partial charge is 0.345 e. The largest absolute Gasteiger partial charge is 0.433 e. The molecule has 10 heteroatoms. The zero-order valence-electron chi connectivity index (χ0n) is 16.3. The molecular formula is C22H15F6N3O. The molecule has 0 unspecified atom stereocenters. The second kappa shape index (κ2) is 7.92. The maximum Gasteiger partial charge on any atom is 0.433 e. The van der Waals surface area contributed by atoms with Crippen molar-refractivity contribution in [3.05, 3.63) is 82.8 Å². The molecule has 0 saturated heterocycles. The molecule has 0 spiro atoms. The van der Waals surface area contributed by atoms with Crippen molar-refractivity contribution >= 4 is 5.91 Å². The van der Waals surface area contributed by atoms with Gasteiger partial charge >= 0.3 is 12.4 Å². The van der Waals surface area contributed by atoms with Crippen LogP contribution in [0.15, 0.2) is 54.7 Å². The van der Waals surface area contributed by atoms with E-state index in [0.29, 0.717) is 29.8 Å². The predicted octanol–water partition coefficient (Wildman–Crippen LogP) is 5.60. The van der Waals surface area contributed by atoms with Gasteiger partial charge in [0.1, 0.15) is 5.69 Å². The summed E-state index contributed by atoms with van der Waals surface area (Å²) in [5.41, 5.74) is -0.175. The van der Waals surface area contributed by atoms with Crippen molar-refractivity contribution in [2.45, 2.75) is 31.2 Å². The van der Waals surface area contributed by atoms with Crippen LogP contribution < -0.4 is 5.32 Å². The first-order valence-corrected chi connectivity index (χ1v) is 9.54. The lowest BCUT2D eigenvalue weighted by atomic mass is 10.1. The van der Waals surface area contributed by atoms with Crippen molar-refractivity contribution in [3.8, 4) is 11.3 Å². The summed E-state index contributed by atoms with van der Waals surface area (Å²) < 4.78 is 77.4. The standard InChI is InChI=1S/C22H15F6N3O/c23-21(24,25)14-3-1-2-13(10-14)20(32)31-18-7-6-17-15(18)4-5-16(30-17)12-8-9-29-19(11-12)22(26,27)28/h1-5,8-11,18H,6-7H2,(H,31,32)/t18-/m0/s1. The number of alkyl halides is 6. The third-order valence-electron chi connectivity index (χ3n) is 5.16. The van der Waals surface area contributed by atoms with Gasteiger partial charge in [-0.2, -0.15) is 26.3 Å². The van der Waals surface area contributed by atoms with Gasteiger partial charge < -0.3 is 5.32 Å². The molecule has 0 bridgehead atoms. The number of aryl methyl sites for hydroxylation is 1. The van der Waals surface area contributed by atoms with Crippen LogP contribution in [0.25, 0.3) is 11.3 Å². The van der Waals surface area contributed by atoms with Crippen LogP contribution in [0.2, 0.25) is 0 Å². The molecule has 0 fully saturated rings. The molecule has 166 valence electrons. The normalized spacial score (nSPS) is 16.0. The summed E-state index contributed by atoms with van der Waals surface area (Å²) in [6.45, 7) is 0. The zero-order valence-corrected chi connectivity index (χ0v) is 16.3. The van der Waals surface area contributed by atoms with Crippen LogP contribution in [0.5, 0.6) is 0 Å². The average molecular weight is 451 g/mol. The lowest BCUT2D eigenvalue weighted by molar-refractivity contribution is -0.141. The van der Waals surface area contributed by atoms with Crippen molar-refractivity contribution in [1.82, 2.24) is 15.3 Å². The lowest BCUT2D eigenvalue weighted by Crippen LogP contribution is -2.27. The van der Waals surface area contributed by atoms with E-state index in [1.54, 1.807) is 12.1 Å². The van der Waals surface area contributed by atoms with Crippen LogP contribution in [0.3, 0.4) is 0 Å². The third kappa shape index (κ3) is 4.44. The van der Waals surface area contributed by atoms with Gasteiger partial charge in [0.05, 0.1) is 17.3 Å². The van der Waals surface area contributed by atoms with Crippen molar-refractivity contribution in [2.75, 3.05) is 0 Å². The fourth-order valence-corrected chi connectivity index (χ4v) is 3.60. The van der Waals surface area contributed by atoms with Crippen molar-refractivity contribution < 1.29 is 31.1 Å². The molecule has 1 amide bonds. The Bertz CT molecular complexity index is 1170. The number of carbonyl (C=O) groups is 1. The number of amides is 1. The van der Waals surface area contributed by atoms with Crippen LogP contribution in [-0.4, -0.2) is 15.9 Å². The summed E-state index contributed by atoms with van der Waals surface area (Å²) in [5.74, 6) is -0.651. The Kier molecular flexibility index (Phi) is 5.39. The SMILES string of the molecule is O=C(N[C@H]1CCc2nc(-c3ccnc(C(F)(F)F)c3)ccc21)c1cccc(C(F)(F)F)c1. The first kappa shape index (κ1) is 21.8. The molecule has 1 N–H and O–H groups in total. The predicted molar refractivity (Wildman–Crippen MR) is 102 cm³/mol. The molecule has 4 nitrogen and oxygen atoms in total. The second-order valence-corrected chi connectivity index (χ2v) is 7.30. The van der Waals surface area contributed by atoms with E-state index < -0.39 is 35.6 Å². The minimum absolute atomic E-state index is 0.116. The lowest BCUT2D eigenvalue weighted by Gasteiger charge is -2.15. The molecule has 2 aromatic heterocycles. The van der Waals surface area contributed by atoms with Crippen LogP contribution >= 0.6 is 0 Å². The van der Waals surface area contributed by atoms with Gasteiger partial charge in [0.25, 0.3) is 5.91 Å². The molecule has 4 rings (SSSR count). The minimum atomic E-state index is -4.58. The van der Waals surface area contributed by atoms with Crippen LogP contribution in [0.1, 0.15) is 45.3 Å². The number of hydrogen-bond acceptors (Lipinski definition) is 3. The first-order chi connectivity index (χ1) is 15.0. The highest BCUT2D eigenvalue weighted by Crippen LogP contribution is 2.34. The van der Waals surface area contributed by atoms with Crippen LogP contribution in [0, 0.1) is 0 Å². The highest BCUT2D eigenvalue weighted by molar-refractivity contribution is 5.94. The van der Waals surface area contributed by atoms with Gasteiger partial charge in [-0.25, -0.2) is 0 Å². The highest BCUT2D eigenvalue weighted by atomic mass is 19.4. The van der Waals surface area contributed by atoms with Crippen molar-refractivity contribution in [2.24, 2.45) is 0 Å². The number of rotatable bonds is 3. The molecule has 1 aromatic carbocycles. The third-order valence-corrected chi connectivity index (χ3v) is 5.16. The molecule has 0 aliphatic heterocycles. The van der Waals surface area contributed by atoms with E-state index in [1.807, 2.05) is 0 Å². The van der Waals surface area contributed by atoms with E-state index in [0.717, 1.165) is 30.5 Å². The van der Waals surface area contributed by atoms with E-state index in [4.69, 9.17) is 0 Å². The average Bonchev–Trinajstić information content (AvgIpc) is 3.14. The minimum Gasteiger partial charge on any atom is -0.345 e. The summed E-state index contributed by atoms with van der Waals surface area (Å²) >= 11 is 0. The molecule has 32 heavy (non-hydrogen) atoms. The number of pyridine rings is 2. The summed E-state index contributed by atoms with van der Waals surface area (Å²) in [7, 11) is 0. The Balaban J connectivity index is 1.54. The van der Waals surface area contributed by atoms with Gasteiger partial charge in [-0.3, -0.25) is 14.8 Å². The maximum atomic E-state index is 12.9. The Labute approximate surface area is 178 Å². The molecule has 0 saturated carbocycles. The summed E-state index contributed by atoms with van der Waals surface area (Å²) in [6, 6.07) is 9.21. The van der Waals surface area contributed by atoms with Gasteiger partial charge in [0.2, 0.25) is 0 Å². The van der Waals surface area contributed by atoms with Gasteiger partial charge in [0.15, 0.2) is 0 Å². The number of halogens is 6. The molecule has 1 aliphatic carbocycles. The van der Waals surface area contributed by atoms with E-state index in [1.165, 1.54) is 12.1 Å². The molecule has 1 aliphatic rings. The number of nitrogens with zero attached hydrogens (tertiary/aromatic N) is 2. The van der Waals surface area contributed by atoms with Gasteiger partial charge in [-0.05, 0) is 54.8 Å². The number of fused-ring (bicyclic) bond motifs is 1. The number of carbonyl (C=O) groups excluding carboxylic acids is 1. The molecule has 0 radical (unpaired) electrons. The van der Waals surface area contributed by atoms with Gasteiger partial charge in [-0.15, -0.1) is 0 Å². The monoisotopic (exact) mass is 451 g/mol. The fourth-order valence-electron chi connectivity index (χ4n) is 3.60. The van der Waals surface area contributed by atoms with Crippen LogP contribution in [-0.2, 0) is 18.8 Å². The first-order valence-electron chi connectivity index (χ1n) is 9.54. The number of aromatic nitrogens is 2. The number of benzene rings is 1. The molecule has 3 aromatic rings.